The van der Waals surface area contributed by atoms with Crippen molar-refractivity contribution in [3.8, 4) is 89.0 Å². The summed E-state index contributed by atoms with van der Waals surface area (Å²) in [4.78, 5) is 10.2. The first-order chi connectivity index (χ1) is 32.2. The standard InChI is InChI=1S/C63H46N2/c1-64-63(62-43-54(48-26-14-5-15-27-48)35-39-59(62)58-38-34-53(47-24-12-4-13-25-47)42-61(58)50-30-18-7-19-31-50)65-44-55-40-51(45-20-8-2-9-21-45)32-36-56(55)57-37-33-52(46-22-10-3-11-23-46)41-60(57)49-28-16-6-17-29-49/h2-43H,1,44H2. The van der Waals surface area contributed by atoms with E-state index in [4.69, 9.17) is 9.98 Å². The van der Waals surface area contributed by atoms with Gasteiger partial charge in [-0.3, -0.25) is 4.99 Å². The van der Waals surface area contributed by atoms with Crippen LogP contribution >= 0.6 is 0 Å². The highest BCUT2D eigenvalue weighted by Crippen LogP contribution is 2.41. The molecule has 0 spiro atoms. The Bertz CT molecular complexity index is 3250. The molecule has 10 aromatic rings. The SMILES string of the molecule is C=NC(=NCc1cc(-c2ccccc2)ccc1-c1ccc(-c2ccccc2)cc1-c1ccccc1)c1cc(-c2ccccc2)ccc1-c1ccc(-c2ccccc2)cc1-c1ccccc1. The topological polar surface area (TPSA) is 24.7 Å². The number of benzene rings is 10. The highest BCUT2D eigenvalue weighted by Gasteiger charge is 2.19. The monoisotopic (exact) mass is 830 g/mol. The van der Waals surface area contributed by atoms with Crippen LogP contribution in [0.15, 0.2) is 265 Å². The smallest absolute Gasteiger partial charge is 0.154 e. The Morgan fingerprint density at radius 3 is 1.00 bits per heavy atom. The van der Waals surface area contributed by atoms with Crippen LogP contribution in [0.3, 0.4) is 0 Å². The van der Waals surface area contributed by atoms with Gasteiger partial charge in [0, 0.05) is 5.56 Å². The zero-order valence-electron chi connectivity index (χ0n) is 36.1. The lowest BCUT2D eigenvalue weighted by molar-refractivity contribution is 1.07. The minimum atomic E-state index is 0.381. The van der Waals surface area contributed by atoms with Crippen LogP contribution in [-0.4, -0.2) is 12.6 Å². The lowest BCUT2D eigenvalue weighted by Gasteiger charge is -2.18. The summed E-state index contributed by atoms with van der Waals surface area (Å²) in [5.74, 6) is 0.586. The number of nitrogens with zero attached hydrogens (tertiary/aromatic N) is 2. The van der Waals surface area contributed by atoms with Gasteiger partial charge in [0.15, 0.2) is 5.84 Å². The van der Waals surface area contributed by atoms with Crippen LogP contribution in [0.25, 0.3) is 89.0 Å². The van der Waals surface area contributed by atoms with Gasteiger partial charge in [-0.25, -0.2) is 4.99 Å². The average Bonchev–Trinajstić information content (AvgIpc) is 3.40. The van der Waals surface area contributed by atoms with Crippen LogP contribution in [0, 0.1) is 0 Å². The molecule has 308 valence electrons. The van der Waals surface area contributed by atoms with Gasteiger partial charge in [-0.1, -0.05) is 231 Å². The first kappa shape index (κ1) is 40.6. The molecule has 0 aliphatic heterocycles. The van der Waals surface area contributed by atoms with Crippen LogP contribution in [0.1, 0.15) is 11.1 Å². The molecule has 0 unspecified atom stereocenters. The number of hydrogen-bond acceptors (Lipinski definition) is 1. The molecule has 0 N–H and O–H groups in total. The van der Waals surface area contributed by atoms with Crippen LogP contribution < -0.4 is 0 Å². The second kappa shape index (κ2) is 18.9. The van der Waals surface area contributed by atoms with Crippen molar-refractivity contribution in [3.63, 3.8) is 0 Å². The predicted molar refractivity (Wildman–Crippen MR) is 276 cm³/mol. The van der Waals surface area contributed by atoms with E-state index in [-0.39, 0.29) is 0 Å². The van der Waals surface area contributed by atoms with Gasteiger partial charge in [-0.2, -0.15) is 0 Å². The maximum Gasteiger partial charge on any atom is 0.154 e. The van der Waals surface area contributed by atoms with Crippen molar-refractivity contribution in [2.45, 2.75) is 6.54 Å². The maximum atomic E-state index is 5.45. The lowest BCUT2D eigenvalue weighted by Crippen LogP contribution is -2.03. The summed E-state index contributed by atoms with van der Waals surface area (Å²) in [6.45, 7) is 4.56. The summed E-state index contributed by atoms with van der Waals surface area (Å²) in [7, 11) is 0. The first-order valence-electron chi connectivity index (χ1n) is 22.1. The molecule has 0 fully saturated rings. The Hall–Kier alpha value is -8.46. The molecule has 2 nitrogen and oxygen atoms in total. The Kier molecular flexibility index (Phi) is 11.8. The number of aliphatic imine (C=N–C) groups is 2. The molecule has 0 aliphatic rings. The van der Waals surface area contributed by atoms with Gasteiger partial charge in [0.2, 0.25) is 0 Å². The van der Waals surface area contributed by atoms with Gasteiger partial charge in [0.25, 0.3) is 0 Å². The van der Waals surface area contributed by atoms with Crippen LogP contribution in [0.4, 0.5) is 0 Å². The molecular weight excluding hydrogens is 785 g/mol. The lowest BCUT2D eigenvalue weighted by atomic mass is 9.87. The van der Waals surface area contributed by atoms with E-state index in [2.05, 4.69) is 262 Å². The molecule has 0 radical (unpaired) electrons. The molecule has 0 saturated heterocycles. The second-order valence-electron chi connectivity index (χ2n) is 16.1. The third-order valence-corrected chi connectivity index (χ3v) is 12.1. The number of rotatable bonds is 11. The van der Waals surface area contributed by atoms with Crippen molar-refractivity contribution in [2.24, 2.45) is 9.98 Å². The molecule has 2 heteroatoms. The van der Waals surface area contributed by atoms with Gasteiger partial charge in [0.05, 0.1) is 6.54 Å². The third-order valence-electron chi connectivity index (χ3n) is 12.1. The summed E-state index contributed by atoms with van der Waals surface area (Å²) in [6.07, 6.45) is 0. The molecule has 0 aromatic heterocycles. The fourth-order valence-corrected chi connectivity index (χ4v) is 8.84. The fraction of sp³-hybridized carbons (Fsp3) is 0.0159. The molecule has 0 heterocycles. The van der Waals surface area contributed by atoms with E-state index in [0.29, 0.717) is 12.4 Å². The highest BCUT2D eigenvalue weighted by atomic mass is 14.9. The van der Waals surface area contributed by atoms with Crippen molar-refractivity contribution in [1.82, 2.24) is 0 Å². The predicted octanol–water partition coefficient (Wildman–Crippen LogP) is 16.7. The summed E-state index contributed by atoms with van der Waals surface area (Å²) in [6, 6.07) is 90.6. The maximum absolute atomic E-state index is 5.45. The molecule has 10 aromatic carbocycles. The molecule has 0 atom stereocenters. The van der Waals surface area contributed by atoms with Crippen molar-refractivity contribution in [2.75, 3.05) is 0 Å². The van der Waals surface area contributed by atoms with Crippen LogP contribution in [0.5, 0.6) is 0 Å². The molecule has 0 amide bonds. The van der Waals surface area contributed by atoms with Crippen molar-refractivity contribution in [1.29, 1.82) is 0 Å². The van der Waals surface area contributed by atoms with E-state index in [1.54, 1.807) is 0 Å². The molecule has 0 bridgehead atoms. The zero-order chi connectivity index (χ0) is 43.8. The van der Waals surface area contributed by atoms with E-state index < -0.39 is 0 Å². The van der Waals surface area contributed by atoms with E-state index >= 15 is 0 Å². The van der Waals surface area contributed by atoms with Gasteiger partial charge in [-0.05, 0) is 126 Å². The molecule has 65 heavy (non-hydrogen) atoms. The zero-order valence-corrected chi connectivity index (χ0v) is 36.1. The Morgan fingerprint density at radius 2 is 0.600 bits per heavy atom. The minimum absolute atomic E-state index is 0.381. The summed E-state index contributed by atoms with van der Waals surface area (Å²) < 4.78 is 0. The Labute approximate surface area is 382 Å². The molecule has 0 saturated carbocycles. The van der Waals surface area contributed by atoms with Gasteiger partial charge < -0.3 is 0 Å². The highest BCUT2D eigenvalue weighted by molar-refractivity contribution is 6.09. The summed E-state index contributed by atoms with van der Waals surface area (Å²) in [5.41, 5.74) is 20.2. The summed E-state index contributed by atoms with van der Waals surface area (Å²) in [5, 5.41) is 0. The third kappa shape index (κ3) is 8.80. The largest absolute Gasteiger partial charge is 0.261 e. The van der Waals surface area contributed by atoms with Gasteiger partial charge >= 0.3 is 0 Å². The molecular formula is C63H46N2. The van der Waals surface area contributed by atoms with E-state index in [0.717, 1.165) is 83.5 Å². The van der Waals surface area contributed by atoms with E-state index in [1.807, 2.05) is 0 Å². The number of amidine groups is 1. The summed E-state index contributed by atoms with van der Waals surface area (Å²) >= 11 is 0. The average molecular weight is 831 g/mol. The van der Waals surface area contributed by atoms with Gasteiger partial charge in [0.1, 0.15) is 0 Å². The second-order valence-corrected chi connectivity index (χ2v) is 16.1. The van der Waals surface area contributed by atoms with Crippen molar-refractivity contribution in [3.05, 3.63) is 266 Å². The number of hydrogen-bond donors (Lipinski definition) is 0. The van der Waals surface area contributed by atoms with Crippen LogP contribution in [0.2, 0.25) is 0 Å². The molecule has 10 rings (SSSR count). The van der Waals surface area contributed by atoms with Crippen molar-refractivity contribution >= 4 is 12.6 Å². The van der Waals surface area contributed by atoms with Crippen LogP contribution in [-0.2, 0) is 6.54 Å². The normalized spacial score (nSPS) is 11.3. The van der Waals surface area contributed by atoms with E-state index in [9.17, 15) is 0 Å². The minimum Gasteiger partial charge on any atom is -0.261 e. The first-order valence-corrected chi connectivity index (χ1v) is 22.1. The fourth-order valence-electron chi connectivity index (χ4n) is 8.84. The van der Waals surface area contributed by atoms with E-state index in [1.165, 1.54) is 16.7 Å². The molecule has 0 aliphatic carbocycles. The quantitative estimate of drug-likeness (QED) is 0.0916. The van der Waals surface area contributed by atoms with Gasteiger partial charge in [-0.15, -0.1) is 0 Å². The Balaban J connectivity index is 1.15. The Morgan fingerprint density at radius 1 is 0.277 bits per heavy atom. The van der Waals surface area contributed by atoms with Crippen molar-refractivity contribution < 1.29 is 0 Å².